The zero-order valence-corrected chi connectivity index (χ0v) is 11.2. The molecule has 0 spiro atoms. The molecule has 104 valence electrons. The Hall–Kier alpha value is -1.78. The van der Waals surface area contributed by atoms with Crippen LogP contribution in [0.4, 0.5) is 0 Å². The van der Waals surface area contributed by atoms with Crippen molar-refractivity contribution in [3.05, 3.63) is 23.9 Å². The van der Waals surface area contributed by atoms with Crippen LogP contribution in [0.15, 0.2) is 23.4 Å². The molecule has 1 heterocycles. The van der Waals surface area contributed by atoms with E-state index in [9.17, 15) is 0 Å². The minimum absolute atomic E-state index is 0.00105. The molecule has 0 bridgehead atoms. The number of aromatic nitrogens is 1. The molecule has 0 amide bonds. The fraction of sp³-hybridized carbons (Fsp3) is 0.571. The summed E-state index contributed by atoms with van der Waals surface area (Å²) in [5.41, 5.74) is 5.97. The van der Waals surface area contributed by atoms with Crippen molar-refractivity contribution in [2.24, 2.45) is 16.8 Å². The smallest absolute Gasteiger partial charge is 0.214 e. The highest BCUT2D eigenvalue weighted by Crippen LogP contribution is 2.29. The average Bonchev–Trinajstić information content (AvgIpc) is 2.47. The van der Waals surface area contributed by atoms with Crippen molar-refractivity contribution in [3.63, 3.8) is 0 Å². The van der Waals surface area contributed by atoms with Crippen LogP contribution in [0.2, 0.25) is 0 Å². The van der Waals surface area contributed by atoms with Crippen LogP contribution < -0.4 is 10.5 Å². The van der Waals surface area contributed by atoms with Gasteiger partial charge in [0.25, 0.3) is 0 Å². The lowest BCUT2D eigenvalue weighted by Gasteiger charge is -2.30. The standard InChI is InChI=1S/C14H21N3O2/c1-2-10-6-3-4-8-12(10)19-13-9-5-7-11(16-13)14(15)17-18/h5,7,9-10,12,18H,2-4,6,8H2,1H3,(H2,15,17). The lowest BCUT2D eigenvalue weighted by Crippen LogP contribution is -2.30. The molecule has 1 aromatic rings. The van der Waals surface area contributed by atoms with E-state index in [1.807, 2.05) is 6.07 Å². The molecule has 5 nitrogen and oxygen atoms in total. The fourth-order valence-electron chi connectivity index (χ4n) is 2.63. The summed E-state index contributed by atoms with van der Waals surface area (Å²) in [6.07, 6.45) is 6.16. The first kappa shape index (κ1) is 13.6. The maximum absolute atomic E-state index is 8.66. The van der Waals surface area contributed by atoms with E-state index in [1.54, 1.807) is 12.1 Å². The molecular formula is C14H21N3O2. The zero-order valence-electron chi connectivity index (χ0n) is 11.2. The van der Waals surface area contributed by atoms with Crippen LogP contribution in [0.25, 0.3) is 0 Å². The molecule has 19 heavy (non-hydrogen) atoms. The number of ether oxygens (including phenoxy) is 1. The van der Waals surface area contributed by atoms with Crippen molar-refractivity contribution in [1.29, 1.82) is 0 Å². The predicted octanol–water partition coefficient (Wildman–Crippen LogP) is 2.52. The van der Waals surface area contributed by atoms with Crippen LogP contribution in [-0.4, -0.2) is 22.1 Å². The number of nitrogens with two attached hydrogens (primary N) is 1. The van der Waals surface area contributed by atoms with Gasteiger partial charge in [-0.1, -0.05) is 24.6 Å². The van der Waals surface area contributed by atoms with Gasteiger partial charge >= 0.3 is 0 Å². The van der Waals surface area contributed by atoms with Crippen molar-refractivity contribution in [2.45, 2.75) is 45.1 Å². The summed E-state index contributed by atoms with van der Waals surface area (Å²) >= 11 is 0. The van der Waals surface area contributed by atoms with Gasteiger partial charge in [-0.3, -0.25) is 0 Å². The largest absolute Gasteiger partial charge is 0.474 e. The molecule has 1 aromatic heterocycles. The molecule has 2 unspecified atom stereocenters. The highest BCUT2D eigenvalue weighted by Gasteiger charge is 2.25. The molecule has 1 aliphatic rings. The van der Waals surface area contributed by atoms with Crippen LogP contribution in [0.5, 0.6) is 5.88 Å². The van der Waals surface area contributed by atoms with Gasteiger partial charge in [-0.15, -0.1) is 0 Å². The van der Waals surface area contributed by atoms with Crippen LogP contribution in [-0.2, 0) is 0 Å². The molecule has 5 heteroatoms. The van der Waals surface area contributed by atoms with Crippen molar-refractivity contribution >= 4 is 5.84 Å². The van der Waals surface area contributed by atoms with Gasteiger partial charge in [0.1, 0.15) is 11.8 Å². The Kier molecular flexibility index (Phi) is 4.60. The van der Waals surface area contributed by atoms with Crippen LogP contribution >= 0.6 is 0 Å². The molecule has 2 atom stereocenters. The first-order valence-electron chi connectivity index (χ1n) is 6.86. The third kappa shape index (κ3) is 3.36. The Morgan fingerprint density at radius 2 is 2.26 bits per heavy atom. The molecular weight excluding hydrogens is 242 g/mol. The van der Waals surface area contributed by atoms with E-state index < -0.39 is 0 Å². The van der Waals surface area contributed by atoms with E-state index in [0.717, 1.165) is 12.8 Å². The summed E-state index contributed by atoms with van der Waals surface area (Å²) in [5, 5.41) is 11.6. The molecule has 0 radical (unpaired) electrons. The van der Waals surface area contributed by atoms with E-state index in [0.29, 0.717) is 17.5 Å². The summed E-state index contributed by atoms with van der Waals surface area (Å²) in [6, 6.07) is 5.31. The number of rotatable bonds is 4. The second-order valence-electron chi connectivity index (χ2n) is 4.96. The molecule has 0 saturated heterocycles. The third-order valence-electron chi connectivity index (χ3n) is 3.73. The van der Waals surface area contributed by atoms with E-state index in [1.165, 1.54) is 19.3 Å². The molecule has 1 aliphatic carbocycles. The topological polar surface area (TPSA) is 80.7 Å². The molecule has 3 N–H and O–H groups in total. The van der Waals surface area contributed by atoms with Crippen molar-refractivity contribution in [3.8, 4) is 5.88 Å². The number of nitrogens with zero attached hydrogens (tertiary/aromatic N) is 2. The van der Waals surface area contributed by atoms with Crippen LogP contribution in [0.1, 0.15) is 44.7 Å². The minimum Gasteiger partial charge on any atom is -0.474 e. The normalized spacial score (nSPS) is 24.2. The van der Waals surface area contributed by atoms with Crippen molar-refractivity contribution in [2.75, 3.05) is 0 Å². The monoisotopic (exact) mass is 263 g/mol. The van der Waals surface area contributed by atoms with E-state index in [4.69, 9.17) is 15.7 Å². The number of amidine groups is 1. The van der Waals surface area contributed by atoms with Gasteiger partial charge in [-0.25, -0.2) is 4.98 Å². The Morgan fingerprint density at radius 1 is 1.47 bits per heavy atom. The van der Waals surface area contributed by atoms with Gasteiger partial charge in [0, 0.05) is 6.07 Å². The lowest BCUT2D eigenvalue weighted by atomic mass is 9.85. The first-order chi connectivity index (χ1) is 9.24. The maximum atomic E-state index is 8.66. The van der Waals surface area contributed by atoms with Crippen molar-refractivity contribution < 1.29 is 9.94 Å². The second-order valence-corrected chi connectivity index (χ2v) is 4.96. The van der Waals surface area contributed by atoms with Crippen LogP contribution in [0, 0.1) is 5.92 Å². The van der Waals surface area contributed by atoms with E-state index >= 15 is 0 Å². The van der Waals surface area contributed by atoms with Gasteiger partial charge in [0.05, 0.1) is 0 Å². The Morgan fingerprint density at radius 3 is 3.00 bits per heavy atom. The lowest BCUT2D eigenvalue weighted by molar-refractivity contribution is 0.0858. The number of oxime groups is 1. The second kappa shape index (κ2) is 6.41. The average molecular weight is 263 g/mol. The van der Waals surface area contributed by atoms with Crippen molar-refractivity contribution in [1.82, 2.24) is 4.98 Å². The Bertz CT molecular complexity index is 448. The third-order valence-corrected chi connectivity index (χ3v) is 3.73. The summed E-state index contributed by atoms with van der Waals surface area (Å²) in [6.45, 7) is 2.20. The van der Waals surface area contributed by atoms with Crippen LogP contribution in [0.3, 0.4) is 0 Å². The Balaban J connectivity index is 2.09. The summed E-state index contributed by atoms with van der Waals surface area (Å²) in [7, 11) is 0. The zero-order chi connectivity index (χ0) is 13.7. The van der Waals surface area contributed by atoms with Gasteiger partial charge in [0.15, 0.2) is 5.84 Å². The highest BCUT2D eigenvalue weighted by atomic mass is 16.5. The number of hydrogen-bond acceptors (Lipinski definition) is 4. The molecule has 1 saturated carbocycles. The SMILES string of the molecule is CCC1CCCCC1Oc1cccc(C(N)=NO)n1. The van der Waals surface area contributed by atoms with E-state index in [-0.39, 0.29) is 11.9 Å². The van der Waals surface area contributed by atoms with Gasteiger partial charge in [-0.2, -0.15) is 0 Å². The number of pyridine rings is 1. The molecule has 2 rings (SSSR count). The summed E-state index contributed by atoms with van der Waals surface area (Å²) in [4.78, 5) is 4.27. The van der Waals surface area contributed by atoms with E-state index in [2.05, 4.69) is 17.1 Å². The summed E-state index contributed by atoms with van der Waals surface area (Å²) in [5.74, 6) is 1.15. The molecule has 0 aliphatic heterocycles. The van der Waals surface area contributed by atoms with Gasteiger partial charge in [0.2, 0.25) is 5.88 Å². The quantitative estimate of drug-likeness (QED) is 0.378. The van der Waals surface area contributed by atoms with Gasteiger partial charge in [-0.05, 0) is 37.7 Å². The highest BCUT2D eigenvalue weighted by molar-refractivity contribution is 5.95. The minimum atomic E-state index is 0.00105. The van der Waals surface area contributed by atoms with Gasteiger partial charge < -0.3 is 15.7 Å². The number of hydrogen-bond donors (Lipinski definition) is 2. The fourth-order valence-corrected chi connectivity index (χ4v) is 2.63. The summed E-state index contributed by atoms with van der Waals surface area (Å²) < 4.78 is 5.99. The predicted molar refractivity (Wildman–Crippen MR) is 73.4 cm³/mol. The maximum Gasteiger partial charge on any atom is 0.214 e. The Labute approximate surface area is 113 Å². The molecule has 0 aromatic carbocycles. The first-order valence-corrected chi connectivity index (χ1v) is 6.86. The molecule has 1 fully saturated rings.